The number of amides is 1. The minimum absolute atomic E-state index is 0.0492. The van der Waals surface area contributed by atoms with Gasteiger partial charge in [-0.2, -0.15) is 5.26 Å². The number of nitrogens with one attached hydrogen (secondary N) is 2. The van der Waals surface area contributed by atoms with Crippen molar-refractivity contribution in [2.45, 2.75) is 71.7 Å². The van der Waals surface area contributed by atoms with Crippen molar-refractivity contribution >= 4 is 28.4 Å². The van der Waals surface area contributed by atoms with E-state index >= 15 is 0 Å². The zero-order valence-electron chi connectivity index (χ0n) is 22.2. The minimum atomic E-state index is -1.51. The molecule has 1 aliphatic rings. The molecule has 8 nitrogen and oxygen atoms in total. The maximum absolute atomic E-state index is 13.3. The number of fused-ring (bicyclic) bond motifs is 1. The summed E-state index contributed by atoms with van der Waals surface area (Å²) in [5.41, 5.74) is 0.804. The number of ketones is 2. The van der Waals surface area contributed by atoms with Gasteiger partial charge in [0.15, 0.2) is 5.78 Å². The number of pyridine rings is 1. The fraction of sp³-hybridized carbons (Fsp3) is 0.577. The SMILES string of the molecule is [2H]C1([2H])CC[C@@H](C[C@@H](C#N)NC(=O)[C@@H](CC(=O)c2cc3c(OC)nccc3[nH]2)CC(C)(C)C)C(=O)C1. The first kappa shape index (κ1) is 22.6. The molecule has 0 spiro atoms. The van der Waals surface area contributed by atoms with Crippen molar-refractivity contribution in [3.05, 3.63) is 24.0 Å². The number of hydrogen-bond acceptors (Lipinski definition) is 6. The maximum atomic E-state index is 13.3. The Bertz CT molecular complexity index is 1180. The number of carbonyl (C=O) groups is 3. The van der Waals surface area contributed by atoms with Crippen molar-refractivity contribution in [2.75, 3.05) is 7.11 Å². The molecule has 0 radical (unpaired) electrons. The predicted octanol–water partition coefficient (Wildman–Crippen LogP) is 4.35. The van der Waals surface area contributed by atoms with E-state index in [2.05, 4.69) is 21.4 Å². The van der Waals surface area contributed by atoms with Crippen molar-refractivity contribution in [2.24, 2.45) is 17.3 Å². The van der Waals surface area contributed by atoms with Crippen LogP contribution in [0.3, 0.4) is 0 Å². The number of H-pyrrole nitrogens is 1. The van der Waals surface area contributed by atoms with Gasteiger partial charge in [0.05, 0.1) is 29.8 Å². The third kappa shape index (κ3) is 6.43. The van der Waals surface area contributed by atoms with E-state index in [1.807, 2.05) is 20.8 Å². The molecule has 0 aliphatic heterocycles. The van der Waals surface area contributed by atoms with Crippen LogP contribution in [0.5, 0.6) is 5.88 Å². The van der Waals surface area contributed by atoms with Crippen LogP contribution in [0, 0.1) is 28.6 Å². The largest absolute Gasteiger partial charge is 0.481 e. The van der Waals surface area contributed by atoms with E-state index < -0.39 is 30.2 Å². The molecule has 3 rings (SSSR count). The monoisotopic (exact) mass is 468 g/mol. The molecular weight excluding hydrogens is 432 g/mol. The highest BCUT2D eigenvalue weighted by molar-refractivity contribution is 6.02. The molecule has 0 aromatic carbocycles. The molecule has 2 heterocycles. The lowest BCUT2D eigenvalue weighted by Crippen LogP contribution is -2.42. The number of aromatic nitrogens is 2. The lowest BCUT2D eigenvalue weighted by molar-refractivity contribution is -0.128. The third-order valence-corrected chi connectivity index (χ3v) is 6.08. The van der Waals surface area contributed by atoms with Crippen molar-refractivity contribution in [1.82, 2.24) is 15.3 Å². The number of hydrogen-bond donors (Lipinski definition) is 2. The molecule has 8 heteroatoms. The Labute approximate surface area is 203 Å². The molecule has 2 aromatic heterocycles. The number of nitriles is 1. The summed E-state index contributed by atoms with van der Waals surface area (Å²) in [6.07, 6.45) is 1.01. The summed E-state index contributed by atoms with van der Waals surface area (Å²) < 4.78 is 20.8. The van der Waals surface area contributed by atoms with Crippen LogP contribution in [0.25, 0.3) is 10.9 Å². The first-order valence-electron chi connectivity index (χ1n) is 12.6. The van der Waals surface area contributed by atoms with Crippen molar-refractivity contribution in [3.63, 3.8) is 0 Å². The second kappa shape index (κ2) is 10.8. The molecule has 3 atom stereocenters. The fourth-order valence-corrected chi connectivity index (χ4v) is 4.43. The highest BCUT2D eigenvalue weighted by Gasteiger charge is 2.31. The Hall–Kier alpha value is -3.21. The van der Waals surface area contributed by atoms with Crippen LogP contribution in [-0.2, 0) is 9.59 Å². The van der Waals surface area contributed by atoms with E-state index in [-0.39, 0.29) is 42.7 Å². The number of nitrogens with zero attached hydrogens (tertiary/aromatic N) is 2. The van der Waals surface area contributed by atoms with Gasteiger partial charge in [0.2, 0.25) is 11.8 Å². The average Bonchev–Trinajstić information content (AvgIpc) is 3.23. The van der Waals surface area contributed by atoms with E-state index in [0.29, 0.717) is 35.3 Å². The summed E-state index contributed by atoms with van der Waals surface area (Å²) in [5.74, 6) is -1.60. The first-order chi connectivity index (χ1) is 16.8. The molecular formula is C26H34N4O4. The van der Waals surface area contributed by atoms with Crippen LogP contribution in [0.4, 0.5) is 0 Å². The van der Waals surface area contributed by atoms with Crippen molar-refractivity contribution in [1.29, 1.82) is 5.26 Å². The topological polar surface area (TPSA) is 125 Å². The Kier molecular flexibility index (Phi) is 7.18. The Balaban J connectivity index is 1.72. The summed E-state index contributed by atoms with van der Waals surface area (Å²) in [7, 11) is 1.50. The van der Waals surface area contributed by atoms with Gasteiger partial charge in [-0.25, -0.2) is 4.98 Å². The third-order valence-electron chi connectivity index (χ3n) is 6.08. The number of Topliss-reactive ketones (excluding diaryl/α,β-unsaturated/α-hetero) is 2. The van der Waals surface area contributed by atoms with Gasteiger partial charge in [0.1, 0.15) is 11.8 Å². The summed E-state index contributed by atoms with van der Waals surface area (Å²) in [4.78, 5) is 46.0. The minimum Gasteiger partial charge on any atom is -0.481 e. The highest BCUT2D eigenvalue weighted by Crippen LogP contribution is 2.30. The zero-order valence-corrected chi connectivity index (χ0v) is 20.2. The van der Waals surface area contributed by atoms with Gasteiger partial charge in [-0.05, 0) is 43.2 Å². The standard InChI is InChI=1S/C26H34N4O4/c1-26(2,3)14-17(24(33)29-18(15-27)11-16-7-5-6-8-22(16)31)12-23(32)21-13-19-20(30-21)9-10-28-25(19)34-4/h9-10,13,16-18,30H,5-8,11-12,14H2,1-4H3,(H,29,33)/t16-,17-,18-/m0/s1/i6D2. The molecule has 1 saturated carbocycles. The van der Waals surface area contributed by atoms with Crippen molar-refractivity contribution < 1.29 is 21.9 Å². The number of rotatable bonds is 9. The number of methoxy groups -OCH3 is 1. The van der Waals surface area contributed by atoms with Gasteiger partial charge in [-0.3, -0.25) is 14.4 Å². The van der Waals surface area contributed by atoms with Gasteiger partial charge in [-0.15, -0.1) is 0 Å². The van der Waals surface area contributed by atoms with Crippen LogP contribution in [0.15, 0.2) is 18.3 Å². The zero-order chi connectivity index (χ0) is 26.7. The lowest BCUT2D eigenvalue weighted by atomic mass is 9.81. The number of aromatic amines is 1. The van der Waals surface area contributed by atoms with Gasteiger partial charge in [-0.1, -0.05) is 27.2 Å². The van der Waals surface area contributed by atoms with Crippen LogP contribution >= 0.6 is 0 Å². The fourth-order valence-electron chi connectivity index (χ4n) is 4.43. The molecule has 34 heavy (non-hydrogen) atoms. The molecule has 0 saturated heterocycles. The second-order valence-electron chi connectivity index (χ2n) is 10.1. The maximum Gasteiger partial charge on any atom is 0.224 e. The van der Waals surface area contributed by atoms with E-state index in [0.717, 1.165) is 0 Å². The highest BCUT2D eigenvalue weighted by atomic mass is 16.5. The molecule has 182 valence electrons. The quantitative estimate of drug-likeness (QED) is 0.527. The Morgan fingerprint density at radius 3 is 2.85 bits per heavy atom. The Morgan fingerprint density at radius 2 is 2.21 bits per heavy atom. The lowest BCUT2D eigenvalue weighted by Gasteiger charge is -2.27. The Morgan fingerprint density at radius 1 is 1.44 bits per heavy atom. The molecule has 2 aromatic rings. The van der Waals surface area contributed by atoms with Gasteiger partial charge < -0.3 is 15.0 Å². The molecule has 0 unspecified atom stereocenters. The van der Waals surface area contributed by atoms with Gasteiger partial charge in [0, 0.05) is 33.6 Å². The number of ether oxygens (including phenoxy) is 1. The van der Waals surface area contributed by atoms with Gasteiger partial charge in [0.25, 0.3) is 0 Å². The first-order valence-corrected chi connectivity index (χ1v) is 11.6. The molecule has 2 N–H and O–H groups in total. The van der Waals surface area contributed by atoms with Gasteiger partial charge >= 0.3 is 0 Å². The second-order valence-corrected chi connectivity index (χ2v) is 10.1. The molecule has 0 bridgehead atoms. The summed E-state index contributed by atoms with van der Waals surface area (Å²) in [5, 5.41) is 13.1. The van der Waals surface area contributed by atoms with E-state index in [1.54, 1.807) is 18.3 Å². The van der Waals surface area contributed by atoms with Crippen LogP contribution in [0.2, 0.25) is 0 Å². The predicted molar refractivity (Wildman–Crippen MR) is 128 cm³/mol. The van der Waals surface area contributed by atoms with Crippen LogP contribution in [-0.4, -0.2) is 40.6 Å². The summed E-state index contributed by atoms with van der Waals surface area (Å²) in [6.45, 7) is 5.94. The summed E-state index contributed by atoms with van der Waals surface area (Å²) >= 11 is 0. The molecule has 1 aliphatic carbocycles. The summed E-state index contributed by atoms with van der Waals surface area (Å²) in [6, 6.07) is 4.58. The molecule has 1 amide bonds. The van der Waals surface area contributed by atoms with E-state index in [4.69, 9.17) is 7.48 Å². The van der Waals surface area contributed by atoms with Crippen molar-refractivity contribution in [3.8, 4) is 11.9 Å². The smallest absolute Gasteiger partial charge is 0.224 e. The average molecular weight is 469 g/mol. The molecule has 1 fully saturated rings. The number of carbonyl (C=O) groups excluding carboxylic acids is 3. The van der Waals surface area contributed by atoms with Crippen LogP contribution in [0.1, 0.15) is 78.9 Å². The van der Waals surface area contributed by atoms with Crippen LogP contribution < -0.4 is 10.1 Å². The normalized spacial score (nSPS) is 20.6. The van der Waals surface area contributed by atoms with E-state index in [1.165, 1.54) is 7.11 Å². The van der Waals surface area contributed by atoms with E-state index in [9.17, 15) is 19.6 Å².